The number of rotatable bonds is 6. The molecule has 0 radical (unpaired) electrons. The zero-order valence-corrected chi connectivity index (χ0v) is 27.5. The highest BCUT2D eigenvalue weighted by Gasteiger charge is 2.21. The lowest BCUT2D eigenvalue weighted by Crippen LogP contribution is -2.09. The fourth-order valence-electron chi connectivity index (χ4n) is 7.29. The monoisotopic (exact) mass is 654 g/mol. The number of benzene rings is 8. The van der Waals surface area contributed by atoms with E-state index in [2.05, 4.69) is 138 Å². The van der Waals surface area contributed by atoms with Crippen molar-refractivity contribution in [2.45, 2.75) is 0 Å². The number of nitrogens with zero attached hydrogens (tertiary/aromatic N) is 2. The molecule has 10 aromatic rings. The van der Waals surface area contributed by atoms with Gasteiger partial charge in [-0.1, -0.05) is 115 Å². The van der Waals surface area contributed by atoms with Crippen molar-refractivity contribution in [3.05, 3.63) is 182 Å². The Morgan fingerprint density at radius 2 is 1.00 bits per heavy atom. The molecule has 0 spiro atoms. The highest BCUT2D eigenvalue weighted by molar-refractivity contribution is 6.25. The molecule has 4 nitrogen and oxygen atoms in total. The van der Waals surface area contributed by atoms with E-state index < -0.39 is 0 Å². The molecule has 0 bridgehead atoms. The van der Waals surface area contributed by atoms with E-state index in [4.69, 9.17) is 13.8 Å². The smallest absolute Gasteiger partial charge is 0.228 e. The van der Waals surface area contributed by atoms with Crippen molar-refractivity contribution in [2.24, 2.45) is 0 Å². The third-order valence-corrected chi connectivity index (χ3v) is 9.70. The summed E-state index contributed by atoms with van der Waals surface area (Å²) in [5.41, 5.74) is 12.0. The number of oxazole rings is 1. The zero-order chi connectivity index (χ0) is 33.7. The van der Waals surface area contributed by atoms with Crippen molar-refractivity contribution in [3.8, 4) is 33.7 Å². The average Bonchev–Trinajstić information content (AvgIpc) is 3.82. The summed E-state index contributed by atoms with van der Waals surface area (Å²) in [6, 6.07) is 63.3. The van der Waals surface area contributed by atoms with Gasteiger partial charge in [-0.3, -0.25) is 0 Å². The van der Waals surface area contributed by atoms with E-state index in [-0.39, 0.29) is 0 Å². The van der Waals surface area contributed by atoms with E-state index in [9.17, 15) is 0 Å². The topological polar surface area (TPSA) is 42.4 Å². The Bertz CT molecular complexity index is 2760. The lowest BCUT2D eigenvalue weighted by atomic mass is 9.94. The first kappa shape index (κ1) is 29.0. The molecule has 51 heavy (non-hydrogen) atoms. The van der Waals surface area contributed by atoms with Crippen LogP contribution in [0.1, 0.15) is 0 Å². The molecule has 0 N–H and O–H groups in total. The number of hydrogen-bond donors (Lipinski definition) is 0. The van der Waals surface area contributed by atoms with Crippen LogP contribution in [0.15, 0.2) is 191 Å². The highest BCUT2D eigenvalue weighted by Crippen LogP contribution is 2.45. The van der Waals surface area contributed by atoms with Gasteiger partial charge in [0, 0.05) is 39.0 Å². The maximum Gasteiger partial charge on any atom is 0.228 e. The van der Waals surface area contributed by atoms with Crippen molar-refractivity contribution >= 4 is 60.9 Å². The maximum atomic E-state index is 6.73. The predicted molar refractivity (Wildman–Crippen MR) is 210 cm³/mol. The molecule has 0 fully saturated rings. The van der Waals surface area contributed by atoms with Gasteiger partial charge >= 0.3 is 0 Å². The van der Waals surface area contributed by atoms with Crippen LogP contribution < -0.4 is 4.90 Å². The Morgan fingerprint density at radius 1 is 0.412 bits per heavy atom. The molecule has 2 aromatic heterocycles. The Labute approximate surface area is 294 Å². The van der Waals surface area contributed by atoms with Crippen LogP contribution in [0.5, 0.6) is 0 Å². The molecule has 0 aliphatic carbocycles. The molecule has 0 atom stereocenters. The van der Waals surface area contributed by atoms with Gasteiger partial charge in [0.05, 0.1) is 0 Å². The molecule has 2 heterocycles. The molecule has 0 saturated heterocycles. The molecule has 8 aromatic carbocycles. The molecule has 0 aliphatic heterocycles. The predicted octanol–water partition coefficient (Wildman–Crippen LogP) is 13.4. The number of furan rings is 1. The van der Waals surface area contributed by atoms with Crippen LogP contribution in [0, 0.1) is 0 Å². The Balaban J connectivity index is 1.06. The normalized spacial score (nSPS) is 11.5. The van der Waals surface area contributed by atoms with Crippen molar-refractivity contribution in [1.82, 2.24) is 4.98 Å². The summed E-state index contributed by atoms with van der Waals surface area (Å²) in [6.45, 7) is 0. The number of fused-ring (bicyclic) bond motifs is 6. The second-order valence-corrected chi connectivity index (χ2v) is 12.7. The largest absolute Gasteiger partial charge is 0.455 e. The first-order valence-corrected chi connectivity index (χ1v) is 17.1. The second-order valence-electron chi connectivity index (χ2n) is 12.7. The summed E-state index contributed by atoms with van der Waals surface area (Å²) < 4.78 is 13.0. The van der Waals surface area contributed by atoms with Crippen LogP contribution in [0.3, 0.4) is 0 Å². The molecular weight excluding hydrogens is 625 g/mol. The van der Waals surface area contributed by atoms with Crippen LogP contribution in [0.2, 0.25) is 0 Å². The van der Waals surface area contributed by atoms with E-state index in [1.54, 1.807) is 0 Å². The van der Waals surface area contributed by atoms with Gasteiger partial charge in [0.2, 0.25) is 5.89 Å². The van der Waals surface area contributed by atoms with Crippen LogP contribution in [0.4, 0.5) is 17.1 Å². The fourth-order valence-corrected chi connectivity index (χ4v) is 7.29. The van der Waals surface area contributed by atoms with E-state index >= 15 is 0 Å². The first-order chi connectivity index (χ1) is 25.3. The summed E-state index contributed by atoms with van der Waals surface area (Å²) in [4.78, 5) is 7.13. The van der Waals surface area contributed by atoms with Gasteiger partial charge < -0.3 is 13.7 Å². The SMILES string of the molecule is c1ccc(N(c2ccccc2)c2ccc(-c3ccc(-c4cc5ccccc5c5c4oc4cccc(-c6nc7ccccc7o6)c45)cc3)cc2)cc1. The zero-order valence-electron chi connectivity index (χ0n) is 27.5. The van der Waals surface area contributed by atoms with Gasteiger partial charge in [0.1, 0.15) is 16.7 Å². The quantitative estimate of drug-likeness (QED) is 0.179. The second kappa shape index (κ2) is 11.9. The molecular formula is C47H30N2O2. The van der Waals surface area contributed by atoms with Crippen molar-refractivity contribution in [1.29, 1.82) is 0 Å². The molecule has 240 valence electrons. The van der Waals surface area contributed by atoms with E-state index in [0.29, 0.717) is 5.89 Å². The van der Waals surface area contributed by atoms with E-state index in [1.165, 1.54) is 0 Å². The Morgan fingerprint density at radius 3 is 1.73 bits per heavy atom. The van der Waals surface area contributed by atoms with Crippen molar-refractivity contribution in [3.63, 3.8) is 0 Å². The standard InChI is InChI=1S/C47H30N2O2/c1-3-13-35(14-4-1)49(36-15-5-2-6-16-36)37-28-26-32(27-29-37)31-22-24-33(25-23-31)40-30-34-12-7-8-17-38(34)45-44-39(18-11-21-43(44)50-46(40)45)47-48-41-19-9-10-20-42(41)51-47/h1-30H. The summed E-state index contributed by atoms with van der Waals surface area (Å²) in [5, 5.41) is 4.36. The number of aromatic nitrogens is 1. The van der Waals surface area contributed by atoms with Gasteiger partial charge in [-0.15, -0.1) is 0 Å². The molecule has 0 unspecified atom stereocenters. The van der Waals surface area contributed by atoms with Gasteiger partial charge in [0.25, 0.3) is 0 Å². The lowest BCUT2D eigenvalue weighted by Gasteiger charge is -2.25. The summed E-state index contributed by atoms with van der Waals surface area (Å²) in [6.07, 6.45) is 0. The van der Waals surface area contributed by atoms with Gasteiger partial charge in [-0.2, -0.15) is 0 Å². The number of anilines is 3. The average molecular weight is 655 g/mol. The van der Waals surface area contributed by atoms with Crippen molar-refractivity contribution < 1.29 is 8.83 Å². The first-order valence-electron chi connectivity index (χ1n) is 17.1. The highest BCUT2D eigenvalue weighted by atomic mass is 16.3. The van der Waals surface area contributed by atoms with Gasteiger partial charge in [-0.25, -0.2) is 4.98 Å². The molecule has 4 heteroatoms. The summed E-state index contributed by atoms with van der Waals surface area (Å²) >= 11 is 0. The maximum absolute atomic E-state index is 6.73. The van der Waals surface area contributed by atoms with Crippen LogP contribution in [-0.4, -0.2) is 4.98 Å². The Hall–Kier alpha value is -6.91. The van der Waals surface area contributed by atoms with Crippen LogP contribution in [0.25, 0.3) is 77.5 Å². The lowest BCUT2D eigenvalue weighted by molar-refractivity contribution is 0.620. The van der Waals surface area contributed by atoms with Crippen molar-refractivity contribution in [2.75, 3.05) is 4.90 Å². The minimum atomic E-state index is 0.588. The molecule has 0 aliphatic rings. The van der Waals surface area contributed by atoms with Gasteiger partial charge in [-0.05, 0) is 94.2 Å². The third kappa shape index (κ3) is 4.96. The molecule has 0 saturated carbocycles. The van der Waals surface area contributed by atoms with Crippen LogP contribution >= 0.6 is 0 Å². The molecule has 0 amide bonds. The minimum absolute atomic E-state index is 0.588. The minimum Gasteiger partial charge on any atom is -0.455 e. The van der Waals surface area contributed by atoms with E-state index in [1.807, 2.05) is 48.5 Å². The number of hydrogen-bond acceptors (Lipinski definition) is 4. The van der Waals surface area contributed by atoms with E-state index in [0.717, 1.165) is 88.7 Å². The Kier molecular flexibility index (Phi) is 6.78. The van der Waals surface area contributed by atoms with Gasteiger partial charge in [0.15, 0.2) is 5.58 Å². The molecule has 10 rings (SSSR count). The fraction of sp³-hybridized carbons (Fsp3) is 0. The number of para-hydroxylation sites is 4. The van der Waals surface area contributed by atoms with Crippen LogP contribution in [-0.2, 0) is 0 Å². The summed E-state index contributed by atoms with van der Waals surface area (Å²) in [5.74, 6) is 0.588. The summed E-state index contributed by atoms with van der Waals surface area (Å²) in [7, 11) is 0. The third-order valence-electron chi connectivity index (χ3n) is 9.70.